The minimum Gasteiger partial charge on any atom is -0.497 e. The highest BCUT2D eigenvalue weighted by atomic mass is 35.5. The number of amides is 1. The summed E-state index contributed by atoms with van der Waals surface area (Å²) >= 11 is 6.02. The first-order valence-corrected chi connectivity index (χ1v) is 11.5. The molecule has 6 nitrogen and oxygen atoms in total. The Kier molecular flexibility index (Phi) is 7.37. The van der Waals surface area contributed by atoms with Crippen LogP contribution in [0, 0.1) is 0 Å². The fraction of sp³-hybridized carbons (Fsp3) is 0.360. The van der Waals surface area contributed by atoms with Gasteiger partial charge in [-0.15, -0.1) is 0 Å². The van der Waals surface area contributed by atoms with Crippen LogP contribution in [0.15, 0.2) is 54.9 Å². The van der Waals surface area contributed by atoms with Crippen LogP contribution in [-0.4, -0.2) is 58.3 Å². The van der Waals surface area contributed by atoms with Gasteiger partial charge in [-0.25, -0.2) is 0 Å². The average molecular weight is 507 g/mol. The molecule has 186 valence electrons. The maximum atomic E-state index is 13.5. The van der Waals surface area contributed by atoms with Crippen molar-refractivity contribution in [2.75, 3.05) is 26.7 Å². The molecule has 0 spiro atoms. The molecule has 1 saturated heterocycles. The SMILES string of the molecule is COc1cc(C(=O)N2CCN(Cc3cnn(C)c3)C[C@H]2Cc2ccc(Cl)cc2)cc(C(F)(F)F)c1. The van der Waals surface area contributed by atoms with Gasteiger partial charge in [-0.1, -0.05) is 23.7 Å². The van der Waals surface area contributed by atoms with Gasteiger partial charge in [0.25, 0.3) is 5.91 Å². The quantitative estimate of drug-likeness (QED) is 0.487. The summed E-state index contributed by atoms with van der Waals surface area (Å²) in [7, 11) is 3.14. The van der Waals surface area contributed by atoms with Crippen molar-refractivity contribution in [1.29, 1.82) is 0 Å². The Labute approximate surface area is 206 Å². The van der Waals surface area contributed by atoms with Gasteiger partial charge < -0.3 is 9.64 Å². The van der Waals surface area contributed by atoms with Crippen LogP contribution in [0.4, 0.5) is 13.2 Å². The Morgan fingerprint density at radius 1 is 1.14 bits per heavy atom. The number of ether oxygens (including phenoxy) is 1. The first-order chi connectivity index (χ1) is 16.6. The number of alkyl halides is 3. The second kappa shape index (κ2) is 10.3. The fourth-order valence-corrected chi connectivity index (χ4v) is 4.51. The highest BCUT2D eigenvalue weighted by Crippen LogP contribution is 2.33. The van der Waals surface area contributed by atoms with E-state index in [-0.39, 0.29) is 17.4 Å². The van der Waals surface area contributed by atoms with E-state index in [0.29, 0.717) is 37.6 Å². The molecule has 1 aliphatic rings. The molecule has 0 saturated carbocycles. The summed E-state index contributed by atoms with van der Waals surface area (Å²) in [5, 5.41) is 4.82. The van der Waals surface area contributed by atoms with Gasteiger partial charge in [-0.2, -0.15) is 18.3 Å². The van der Waals surface area contributed by atoms with Crippen LogP contribution in [0.1, 0.15) is 27.0 Å². The van der Waals surface area contributed by atoms with Crippen molar-refractivity contribution in [1.82, 2.24) is 19.6 Å². The summed E-state index contributed by atoms with van der Waals surface area (Å²) in [6.07, 6.45) is -0.293. The number of halogens is 4. The number of rotatable bonds is 6. The average Bonchev–Trinajstić information content (AvgIpc) is 3.23. The van der Waals surface area contributed by atoms with Gasteiger partial charge in [0.05, 0.1) is 18.9 Å². The lowest BCUT2D eigenvalue weighted by atomic mass is 10.00. The lowest BCUT2D eigenvalue weighted by molar-refractivity contribution is -0.137. The number of benzene rings is 2. The predicted molar refractivity (Wildman–Crippen MR) is 126 cm³/mol. The Morgan fingerprint density at radius 3 is 2.51 bits per heavy atom. The Bertz CT molecular complexity index is 1180. The second-order valence-electron chi connectivity index (χ2n) is 8.69. The maximum absolute atomic E-state index is 13.5. The molecule has 2 heterocycles. The molecule has 0 bridgehead atoms. The van der Waals surface area contributed by atoms with Crippen molar-refractivity contribution in [3.63, 3.8) is 0 Å². The van der Waals surface area contributed by atoms with Crippen LogP contribution in [0.3, 0.4) is 0 Å². The Morgan fingerprint density at radius 2 is 1.89 bits per heavy atom. The minimum atomic E-state index is -4.59. The Hall–Kier alpha value is -3.04. The van der Waals surface area contributed by atoms with Gasteiger partial charge in [0, 0.05) is 61.6 Å². The minimum absolute atomic E-state index is 0.00681. The van der Waals surface area contributed by atoms with Crippen molar-refractivity contribution in [2.45, 2.75) is 25.2 Å². The third-order valence-electron chi connectivity index (χ3n) is 6.09. The van der Waals surface area contributed by atoms with Crippen LogP contribution in [0.5, 0.6) is 5.75 Å². The third kappa shape index (κ3) is 6.15. The molecular weight excluding hydrogens is 481 g/mol. The number of aromatic nitrogens is 2. The summed E-state index contributed by atoms with van der Waals surface area (Å²) in [5.41, 5.74) is 1.09. The zero-order chi connectivity index (χ0) is 25.2. The zero-order valence-corrected chi connectivity index (χ0v) is 20.2. The molecule has 1 amide bonds. The predicted octanol–water partition coefficient (Wildman–Crippen LogP) is 4.67. The molecule has 35 heavy (non-hydrogen) atoms. The largest absolute Gasteiger partial charge is 0.497 e. The number of aryl methyl sites for hydroxylation is 1. The fourth-order valence-electron chi connectivity index (χ4n) is 4.38. The van der Waals surface area contributed by atoms with Crippen molar-refractivity contribution in [3.05, 3.63) is 82.1 Å². The number of carbonyl (C=O) groups excluding carboxylic acids is 1. The highest BCUT2D eigenvalue weighted by Gasteiger charge is 2.35. The molecule has 0 N–H and O–H groups in total. The van der Waals surface area contributed by atoms with E-state index in [4.69, 9.17) is 16.3 Å². The molecule has 0 unspecified atom stereocenters. The molecule has 10 heteroatoms. The van der Waals surface area contributed by atoms with Gasteiger partial charge in [0.15, 0.2) is 0 Å². The summed E-state index contributed by atoms with van der Waals surface area (Å²) in [6, 6.07) is 10.3. The molecule has 0 aliphatic carbocycles. The molecule has 0 radical (unpaired) electrons. The summed E-state index contributed by atoms with van der Waals surface area (Å²) < 4.78 is 47.1. The molecule has 1 fully saturated rings. The highest BCUT2D eigenvalue weighted by molar-refractivity contribution is 6.30. The monoisotopic (exact) mass is 506 g/mol. The van der Waals surface area contributed by atoms with Crippen LogP contribution < -0.4 is 4.74 Å². The van der Waals surface area contributed by atoms with Crippen molar-refractivity contribution in [3.8, 4) is 5.75 Å². The van der Waals surface area contributed by atoms with Crippen molar-refractivity contribution >= 4 is 17.5 Å². The summed E-state index contributed by atoms with van der Waals surface area (Å²) in [4.78, 5) is 17.4. The molecule has 4 rings (SSSR count). The van der Waals surface area contributed by atoms with E-state index in [1.165, 1.54) is 13.2 Å². The summed E-state index contributed by atoms with van der Waals surface area (Å²) in [6.45, 7) is 2.22. The van der Waals surface area contributed by atoms with E-state index in [9.17, 15) is 18.0 Å². The molecule has 1 aromatic heterocycles. The number of nitrogens with zero attached hydrogens (tertiary/aromatic N) is 4. The van der Waals surface area contributed by atoms with Crippen LogP contribution >= 0.6 is 11.6 Å². The van der Waals surface area contributed by atoms with Gasteiger partial charge in [-0.3, -0.25) is 14.4 Å². The van der Waals surface area contributed by atoms with Crippen LogP contribution in [0.25, 0.3) is 0 Å². The molecule has 1 aliphatic heterocycles. The zero-order valence-electron chi connectivity index (χ0n) is 19.4. The lowest BCUT2D eigenvalue weighted by Gasteiger charge is -2.41. The molecule has 1 atom stereocenters. The normalized spacial score (nSPS) is 17.0. The van der Waals surface area contributed by atoms with E-state index >= 15 is 0 Å². The van der Waals surface area contributed by atoms with E-state index in [2.05, 4.69) is 10.00 Å². The summed E-state index contributed by atoms with van der Waals surface area (Å²) in [5.74, 6) is -0.456. The van der Waals surface area contributed by atoms with Crippen molar-refractivity contribution in [2.24, 2.45) is 7.05 Å². The van der Waals surface area contributed by atoms with Gasteiger partial charge in [-0.05, 0) is 42.3 Å². The molecular formula is C25H26ClF3N4O2. The maximum Gasteiger partial charge on any atom is 0.416 e. The lowest BCUT2D eigenvalue weighted by Crippen LogP contribution is -2.55. The number of hydrogen-bond donors (Lipinski definition) is 0. The van der Waals surface area contributed by atoms with Gasteiger partial charge in [0.1, 0.15) is 5.75 Å². The first kappa shape index (κ1) is 25.1. The van der Waals surface area contributed by atoms with Gasteiger partial charge in [0.2, 0.25) is 0 Å². The molecule has 2 aromatic carbocycles. The topological polar surface area (TPSA) is 50.6 Å². The standard InChI is InChI=1S/C25H26ClF3N4O2/c1-31-14-18(13-30-31)15-32-7-8-33(22(16-32)9-17-3-5-21(26)6-4-17)24(34)19-10-20(25(27,28)29)12-23(11-19)35-2/h3-6,10-14,22H,7-9,15-16H2,1-2H3/t22-/m1/s1. The van der Waals surface area contributed by atoms with E-state index in [0.717, 1.165) is 23.3 Å². The smallest absolute Gasteiger partial charge is 0.416 e. The van der Waals surface area contributed by atoms with Gasteiger partial charge >= 0.3 is 6.18 Å². The van der Waals surface area contributed by atoms with E-state index in [1.54, 1.807) is 27.9 Å². The first-order valence-electron chi connectivity index (χ1n) is 11.1. The Balaban J connectivity index is 1.61. The van der Waals surface area contributed by atoms with Crippen molar-refractivity contribution < 1.29 is 22.7 Å². The molecule has 3 aromatic rings. The number of hydrogen-bond acceptors (Lipinski definition) is 4. The van der Waals surface area contributed by atoms with E-state index < -0.39 is 17.6 Å². The van der Waals surface area contributed by atoms with E-state index in [1.807, 2.05) is 25.4 Å². The third-order valence-corrected chi connectivity index (χ3v) is 6.35. The number of carbonyl (C=O) groups is 1. The van der Waals surface area contributed by atoms with Crippen LogP contribution in [0.2, 0.25) is 5.02 Å². The number of methoxy groups -OCH3 is 1. The second-order valence-corrected chi connectivity index (χ2v) is 9.12. The number of piperazine rings is 1. The van der Waals surface area contributed by atoms with Crippen LogP contribution in [-0.2, 0) is 26.2 Å².